The number of hydrogen-bond donors (Lipinski definition) is 2. The van der Waals surface area contributed by atoms with Gasteiger partial charge >= 0.3 is 0 Å². The van der Waals surface area contributed by atoms with Crippen LogP contribution in [0, 0.1) is 17.8 Å². The average Bonchev–Trinajstić information content (AvgIpc) is 2.55. The minimum Gasteiger partial charge on any atom is -0.477 e. The molecule has 2 heterocycles. The molecule has 0 saturated heterocycles. The quantitative estimate of drug-likeness (QED) is 0.628. The summed E-state index contributed by atoms with van der Waals surface area (Å²) in [5.41, 5.74) is 3.68. The Hall–Kier alpha value is -2.87. The van der Waals surface area contributed by atoms with Crippen LogP contribution < -0.4 is 10.1 Å². The highest BCUT2D eigenvalue weighted by molar-refractivity contribution is 6.01. The van der Waals surface area contributed by atoms with Crippen molar-refractivity contribution in [1.82, 2.24) is 9.97 Å². The SMILES string of the molecule is C#Cc1cc(-c2cccnc2OCC)nc(C(C)=N)c1NC(C)C. The van der Waals surface area contributed by atoms with Crippen molar-refractivity contribution in [2.75, 3.05) is 11.9 Å². The van der Waals surface area contributed by atoms with Gasteiger partial charge in [-0.15, -0.1) is 6.42 Å². The molecule has 5 nitrogen and oxygen atoms in total. The van der Waals surface area contributed by atoms with Crippen LogP contribution in [0.2, 0.25) is 0 Å². The maximum Gasteiger partial charge on any atom is 0.222 e. The summed E-state index contributed by atoms with van der Waals surface area (Å²) >= 11 is 0. The summed E-state index contributed by atoms with van der Waals surface area (Å²) in [4.78, 5) is 8.91. The van der Waals surface area contributed by atoms with E-state index >= 15 is 0 Å². The van der Waals surface area contributed by atoms with E-state index in [0.717, 1.165) is 5.56 Å². The highest BCUT2D eigenvalue weighted by atomic mass is 16.5. The minimum absolute atomic E-state index is 0.181. The molecule has 0 saturated carbocycles. The zero-order valence-electron chi connectivity index (χ0n) is 14.5. The van der Waals surface area contributed by atoms with E-state index in [2.05, 4.69) is 21.2 Å². The molecule has 0 aliphatic carbocycles. The van der Waals surface area contributed by atoms with Gasteiger partial charge in [-0.2, -0.15) is 0 Å². The molecule has 0 unspecified atom stereocenters. The van der Waals surface area contributed by atoms with Crippen LogP contribution in [0.15, 0.2) is 24.4 Å². The second-order valence-electron chi connectivity index (χ2n) is 5.64. The molecule has 2 aromatic heterocycles. The fourth-order valence-electron chi connectivity index (χ4n) is 2.34. The van der Waals surface area contributed by atoms with E-state index in [4.69, 9.17) is 16.6 Å². The van der Waals surface area contributed by atoms with Gasteiger partial charge in [0, 0.05) is 12.2 Å². The van der Waals surface area contributed by atoms with Crippen LogP contribution in [0.25, 0.3) is 11.3 Å². The number of nitrogens with one attached hydrogen (secondary N) is 2. The number of ether oxygens (including phenoxy) is 1. The molecule has 5 heteroatoms. The smallest absolute Gasteiger partial charge is 0.222 e. The summed E-state index contributed by atoms with van der Waals surface area (Å²) < 4.78 is 5.59. The first-order valence-electron chi connectivity index (χ1n) is 7.89. The second kappa shape index (κ2) is 7.60. The van der Waals surface area contributed by atoms with Gasteiger partial charge in [0.1, 0.15) is 5.69 Å². The Morgan fingerprint density at radius 3 is 2.79 bits per heavy atom. The molecular weight excluding hydrogens is 300 g/mol. The van der Waals surface area contributed by atoms with E-state index in [1.807, 2.05) is 39.0 Å². The van der Waals surface area contributed by atoms with Gasteiger partial charge in [0.05, 0.1) is 34.8 Å². The van der Waals surface area contributed by atoms with Crippen LogP contribution in [-0.2, 0) is 0 Å². The number of anilines is 1. The predicted molar refractivity (Wildman–Crippen MR) is 97.8 cm³/mol. The maximum absolute atomic E-state index is 8.07. The molecule has 0 radical (unpaired) electrons. The van der Waals surface area contributed by atoms with Crippen molar-refractivity contribution in [3.8, 4) is 29.5 Å². The molecule has 2 rings (SSSR count). The summed E-state index contributed by atoms with van der Waals surface area (Å²) in [5, 5.41) is 11.4. The third kappa shape index (κ3) is 3.72. The van der Waals surface area contributed by atoms with E-state index in [1.165, 1.54) is 0 Å². The van der Waals surface area contributed by atoms with Crippen LogP contribution in [0.5, 0.6) is 5.88 Å². The number of terminal acetylenes is 1. The van der Waals surface area contributed by atoms with Crippen LogP contribution in [0.1, 0.15) is 39.0 Å². The fraction of sp³-hybridized carbons (Fsp3) is 0.316. The Morgan fingerprint density at radius 2 is 2.21 bits per heavy atom. The van der Waals surface area contributed by atoms with Crippen molar-refractivity contribution in [1.29, 1.82) is 5.41 Å². The second-order valence-corrected chi connectivity index (χ2v) is 5.64. The molecule has 0 aliphatic rings. The molecule has 0 atom stereocenters. The van der Waals surface area contributed by atoms with Crippen LogP contribution in [0.3, 0.4) is 0 Å². The van der Waals surface area contributed by atoms with E-state index in [-0.39, 0.29) is 6.04 Å². The fourth-order valence-corrected chi connectivity index (χ4v) is 2.34. The minimum atomic E-state index is 0.181. The topological polar surface area (TPSA) is 70.9 Å². The van der Waals surface area contributed by atoms with Crippen molar-refractivity contribution < 1.29 is 4.74 Å². The molecule has 0 aliphatic heterocycles. The zero-order valence-corrected chi connectivity index (χ0v) is 14.5. The molecular formula is C19H22N4O. The molecule has 2 aromatic rings. The Balaban J connectivity index is 2.68. The standard InChI is InChI=1S/C19H22N4O/c1-6-14-11-16(15-9-8-10-21-19(15)24-7-2)23-17(13(5)20)18(14)22-12(3)4/h1,8-12,20,22H,7H2,2-5H3. The third-order valence-corrected chi connectivity index (χ3v) is 3.29. The van der Waals surface area contributed by atoms with Gasteiger partial charge in [0.2, 0.25) is 5.88 Å². The van der Waals surface area contributed by atoms with Crippen LogP contribution in [0.4, 0.5) is 5.69 Å². The van der Waals surface area contributed by atoms with Crippen molar-refractivity contribution in [3.05, 3.63) is 35.7 Å². The van der Waals surface area contributed by atoms with Crippen molar-refractivity contribution >= 4 is 11.4 Å². The Bertz CT molecular complexity index is 790. The van der Waals surface area contributed by atoms with Gasteiger partial charge in [0.15, 0.2) is 0 Å². The molecule has 0 amide bonds. The van der Waals surface area contributed by atoms with Crippen molar-refractivity contribution in [2.45, 2.75) is 33.7 Å². The number of rotatable bonds is 6. The van der Waals surface area contributed by atoms with Gasteiger partial charge in [-0.25, -0.2) is 9.97 Å². The summed E-state index contributed by atoms with van der Waals surface area (Å²) in [6.45, 7) is 8.15. The highest BCUT2D eigenvalue weighted by Gasteiger charge is 2.17. The molecule has 0 fully saturated rings. The largest absolute Gasteiger partial charge is 0.477 e. The number of hydrogen-bond acceptors (Lipinski definition) is 5. The van der Waals surface area contributed by atoms with E-state index < -0.39 is 0 Å². The summed E-state index contributed by atoms with van der Waals surface area (Å²) in [5.74, 6) is 3.21. The lowest BCUT2D eigenvalue weighted by Crippen LogP contribution is -2.16. The molecule has 0 aromatic carbocycles. The lowest BCUT2D eigenvalue weighted by Gasteiger charge is -2.18. The van der Waals surface area contributed by atoms with E-state index in [9.17, 15) is 0 Å². The van der Waals surface area contributed by atoms with E-state index in [0.29, 0.717) is 40.8 Å². The Morgan fingerprint density at radius 1 is 1.46 bits per heavy atom. The Labute approximate surface area is 143 Å². The first-order valence-corrected chi connectivity index (χ1v) is 7.89. The zero-order chi connectivity index (χ0) is 17.7. The summed E-state index contributed by atoms with van der Waals surface area (Å²) in [6.07, 6.45) is 7.38. The highest BCUT2D eigenvalue weighted by Crippen LogP contribution is 2.31. The molecule has 124 valence electrons. The number of aromatic nitrogens is 2. The third-order valence-electron chi connectivity index (χ3n) is 3.29. The molecule has 0 bridgehead atoms. The predicted octanol–water partition coefficient (Wildman–Crippen LogP) is 3.73. The summed E-state index contributed by atoms with van der Waals surface area (Å²) in [6, 6.07) is 5.72. The first kappa shape index (κ1) is 17.5. The molecule has 24 heavy (non-hydrogen) atoms. The average molecular weight is 322 g/mol. The Kier molecular flexibility index (Phi) is 5.54. The van der Waals surface area contributed by atoms with Crippen LogP contribution in [-0.4, -0.2) is 28.3 Å². The van der Waals surface area contributed by atoms with Gasteiger partial charge in [-0.3, -0.25) is 0 Å². The summed E-state index contributed by atoms with van der Waals surface area (Å²) in [7, 11) is 0. The van der Waals surface area contributed by atoms with Gasteiger partial charge in [-0.05, 0) is 45.9 Å². The lowest BCUT2D eigenvalue weighted by molar-refractivity contribution is 0.328. The normalized spacial score (nSPS) is 10.3. The van der Waals surface area contributed by atoms with Crippen LogP contribution >= 0.6 is 0 Å². The number of nitrogens with zero attached hydrogens (tertiary/aromatic N) is 2. The van der Waals surface area contributed by atoms with Gasteiger partial charge in [-0.1, -0.05) is 5.92 Å². The first-order chi connectivity index (χ1) is 11.5. The van der Waals surface area contributed by atoms with Gasteiger partial charge in [0.25, 0.3) is 0 Å². The molecule has 2 N–H and O–H groups in total. The molecule has 0 spiro atoms. The van der Waals surface area contributed by atoms with Crippen molar-refractivity contribution in [2.24, 2.45) is 0 Å². The lowest BCUT2D eigenvalue weighted by atomic mass is 10.0. The van der Waals surface area contributed by atoms with Gasteiger partial charge < -0.3 is 15.5 Å². The number of pyridine rings is 2. The maximum atomic E-state index is 8.07. The van der Waals surface area contributed by atoms with E-state index in [1.54, 1.807) is 13.1 Å². The monoisotopic (exact) mass is 322 g/mol. The van der Waals surface area contributed by atoms with Crippen molar-refractivity contribution in [3.63, 3.8) is 0 Å².